The normalized spacial score (nSPS) is 12.2. The Morgan fingerprint density at radius 3 is 1.29 bits per heavy atom. The standard InChI is InChI=1S/C22H24N6/c1-3-25-21(23)19-11-9-17(13-27-19)15-5-7-16(8-6-15)18-10-12-20(28-14-18)22(24)26-4-2/h5-14H,3-4H2,1-2H3,(H2,23,25)(H2,24,26). The first-order chi connectivity index (χ1) is 13.6. The van der Waals surface area contributed by atoms with Gasteiger partial charge in [0.25, 0.3) is 0 Å². The van der Waals surface area contributed by atoms with Crippen molar-refractivity contribution in [1.82, 2.24) is 9.97 Å². The molecule has 6 nitrogen and oxygen atoms in total. The van der Waals surface area contributed by atoms with Gasteiger partial charge in [0.15, 0.2) is 0 Å². The average molecular weight is 372 g/mol. The van der Waals surface area contributed by atoms with Gasteiger partial charge in [-0.1, -0.05) is 36.4 Å². The fourth-order valence-electron chi connectivity index (χ4n) is 2.79. The van der Waals surface area contributed by atoms with Gasteiger partial charge in [0.2, 0.25) is 0 Å². The van der Waals surface area contributed by atoms with Gasteiger partial charge < -0.3 is 11.5 Å². The minimum Gasteiger partial charge on any atom is -0.382 e. The van der Waals surface area contributed by atoms with Crippen LogP contribution in [0.25, 0.3) is 22.3 Å². The molecule has 0 saturated heterocycles. The monoisotopic (exact) mass is 372 g/mol. The van der Waals surface area contributed by atoms with E-state index in [0.717, 1.165) is 22.3 Å². The van der Waals surface area contributed by atoms with Crippen molar-refractivity contribution in [3.63, 3.8) is 0 Å². The largest absolute Gasteiger partial charge is 0.382 e. The summed E-state index contributed by atoms with van der Waals surface area (Å²) in [7, 11) is 0. The van der Waals surface area contributed by atoms with Crippen LogP contribution in [-0.4, -0.2) is 34.7 Å². The molecule has 0 atom stereocenters. The Kier molecular flexibility index (Phi) is 6.11. The molecule has 0 spiro atoms. The highest BCUT2D eigenvalue weighted by Crippen LogP contribution is 2.24. The minimum atomic E-state index is 0.463. The van der Waals surface area contributed by atoms with Crippen LogP contribution in [0, 0.1) is 0 Å². The molecule has 0 aliphatic heterocycles. The van der Waals surface area contributed by atoms with Crippen LogP contribution in [0.15, 0.2) is 70.9 Å². The number of rotatable bonds is 6. The van der Waals surface area contributed by atoms with Crippen LogP contribution in [0.1, 0.15) is 25.2 Å². The number of benzene rings is 1. The molecule has 6 heteroatoms. The molecule has 0 aliphatic rings. The molecule has 0 aliphatic carbocycles. The van der Waals surface area contributed by atoms with E-state index in [1.807, 2.05) is 50.5 Å². The van der Waals surface area contributed by atoms with Gasteiger partial charge in [0.05, 0.1) is 0 Å². The van der Waals surface area contributed by atoms with E-state index >= 15 is 0 Å². The maximum absolute atomic E-state index is 5.89. The summed E-state index contributed by atoms with van der Waals surface area (Å²) in [6.07, 6.45) is 3.63. The number of amidine groups is 2. The second-order valence-electron chi connectivity index (χ2n) is 6.16. The van der Waals surface area contributed by atoms with Gasteiger partial charge in [-0.2, -0.15) is 0 Å². The van der Waals surface area contributed by atoms with Gasteiger partial charge in [-0.05, 0) is 37.1 Å². The van der Waals surface area contributed by atoms with Crippen LogP contribution in [0.4, 0.5) is 0 Å². The molecule has 0 unspecified atom stereocenters. The summed E-state index contributed by atoms with van der Waals surface area (Å²) < 4.78 is 0. The summed E-state index contributed by atoms with van der Waals surface area (Å²) in [4.78, 5) is 17.2. The number of hydrogen-bond donors (Lipinski definition) is 2. The van der Waals surface area contributed by atoms with E-state index in [4.69, 9.17) is 11.5 Å². The molecule has 2 heterocycles. The number of pyridine rings is 2. The van der Waals surface area contributed by atoms with Crippen LogP contribution < -0.4 is 11.5 Å². The third kappa shape index (κ3) is 4.40. The molecular formula is C22H24N6. The molecule has 0 amide bonds. The van der Waals surface area contributed by atoms with Gasteiger partial charge in [-0.15, -0.1) is 0 Å². The van der Waals surface area contributed by atoms with E-state index in [1.165, 1.54) is 0 Å². The lowest BCUT2D eigenvalue weighted by Gasteiger charge is -2.07. The summed E-state index contributed by atoms with van der Waals surface area (Å²) in [5.74, 6) is 0.926. The van der Waals surface area contributed by atoms with Gasteiger partial charge >= 0.3 is 0 Å². The van der Waals surface area contributed by atoms with E-state index in [-0.39, 0.29) is 0 Å². The Labute approximate surface area is 165 Å². The van der Waals surface area contributed by atoms with Gasteiger partial charge in [-0.25, -0.2) is 0 Å². The highest BCUT2D eigenvalue weighted by atomic mass is 14.9. The summed E-state index contributed by atoms with van der Waals surface area (Å²) in [6.45, 7) is 5.17. The molecule has 0 bridgehead atoms. The number of hydrogen-bond acceptors (Lipinski definition) is 4. The Balaban J connectivity index is 1.78. The summed E-state index contributed by atoms with van der Waals surface area (Å²) >= 11 is 0. The predicted octanol–water partition coefficient (Wildman–Crippen LogP) is 3.26. The third-order valence-corrected chi connectivity index (χ3v) is 4.26. The van der Waals surface area contributed by atoms with E-state index in [9.17, 15) is 0 Å². The van der Waals surface area contributed by atoms with Crippen molar-refractivity contribution in [2.45, 2.75) is 13.8 Å². The zero-order valence-corrected chi connectivity index (χ0v) is 16.1. The minimum absolute atomic E-state index is 0.463. The molecule has 2 aromatic heterocycles. The maximum Gasteiger partial charge on any atom is 0.144 e. The van der Waals surface area contributed by atoms with Crippen LogP contribution in [0.3, 0.4) is 0 Å². The van der Waals surface area contributed by atoms with Crippen LogP contribution in [-0.2, 0) is 0 Å². The second-order valence-corrected chi connectivity index (χ2v) is 6.16. The zero-order valence-electron chi connectivity index (χ0n) is 16.1. The van der Waals surface area contributed by atoms with Crippen molar-refractivity contribution in [3.05, 3.63) is 72.3 Å². The number of nitrogens with two attached hydrogens (primary N) is 2. The van der Waals surface area contributed by atoms with Crippen molar-refractivity contribution in [2.75, 3.05) is 13.1 Å². The molecule has 142 valence electrons. The van der Waals surface area contributed by atoms with Crippen molar-refractivity contribution in [2.24, 2.45) is 21.5 Å². The molecule has 0 radical (unpaired) electrons. The van der Waals surface area contributed by atoms with E-state index < -0.39 is 0 Å². The first-order valence-corrected chi connectivity index (χ1v) is 9.25. The lowest BCUT2D eigenvalue weighted by atomic mass is 10.0. The molecular weight excluding hydrogens is 348 g/mol. The fraction of sp³-hybridized carbons (Fsp3) is 0.182. The number of aromatic nitrogens is 2. The van der Waals surface area contributed by atoms with Gasteiger partial charge in [-0.3, -0.25) is 20.0 Å². The fourth-order valence-corrected chi connectivity index (χ4v) is 2.79. The van der Waals surface area contributed by atoms with E-state index in [1.54, 1.807) is 0 Å². The SMILES string of the molecule is CC/N=C(\N)c1ccc(-c2ccc(-c3ccc(/C(N)=N/CC)nc3)cc2)cn1. The van der Waals surface area contributed by atoms with Crippen molar-refractivity contribution < 1.29 is 0 Å². The molecule has 0 saturated carbocycles. The van der Waals surface area contributed by atoms with E-state index in [2.05, 4.69) is 44.2 Å². The molecule has 1 aromatic carbocycles. The van der Waals surface area contributed by atoms with Crippen LogP contribution in [0.5, 0.6) is 0 Å². The Morgan fingerprint density at radius 1 is 0.643 bits per heavy atom. The molecule has 3 rings (SSSR count). The summed E-state index contributed by atoms with van der Waals surface area (Å²) in [5, 5.41) is 0. The first-order valence-electron chi connectivity index (χ1n) is 9.25. The summed E-state index contributed by atoms with van der Waals surface area (Å²) in [5.41, 5.74) is 17.4. The summed E-state index contributed by atoms with van der Waals surface area (Å²) in [6, 6.07) is 16.0. The second kappa shape index (κ2) is 8.90. The average Bonchev–Trinajstić information content (AvgIpc) is 2.74. The highest BCUT2D eigenvalue weighted by Gasteiger charge is 2.05. The van der Waals surface area contributed by atoms with Gasteiger partial charge in [0, 0.05) is 36.6 Å². The smallest absolute Gasteiger partial charge is 0.144 e. The first kappa shape index (κ1) is 19.2. The van der Waals surface area contributed by atoms with Gasteiger partial charge in [0.1, 0.15) is 23.1 Å². The lowest BCUT2D eigenvalue weighted by molar-refractivity contribution is 1.11. The Bertz CT molecular complexity index is 889. The number of nitrogens with zero attached hydrogens (tertiary/aromatic N) is 4. The molecule has 4 N–H and O–H groups in total. The Hall–Kier alpha value is -3.54. The maximum atomic E-state index is 5.89. The quantitative estimate of drug-likeness (QED) is 0.512. The van der Waals surface area contributed by atoms with Crippen LogP contribution >= 0.6 is 0 Å². The number of aliphatic imine (C=N–C) groups is 2. The third-order valence-electron chi connectivity index (χ3n) is 4.26. The molecule has 0 fully saturated rings. The molecule has 3 aromatic rings. The highest BCUT2D eigenvalue weighted by molar-refractivity contribution is 5.96. The zero-order chi connectivity index (χ0) is 19.9. The van der Waals surface area contributed by atoms with E-state index in [0.29, 0.717) is 36.1 Å². The van der Waals surface area contributed by atoms with Crippen molar-refractivity contribution in [3.8, 4) is 22.3 Å². The molecule has 28 heavy (non-hydrogen) atoms. The Morgan fingerprint density at radius 2 is 1.00 bits per heavy atom. The van der Waals surface area contributed by atoms with Crippen LogP contribution in [0.2, 0.25) is 0 Å². The predicted molar refractivity (Wildman–Crippen MR) is 115 cm³/mol. The topological polar surface area (TPSA) is 103 Å². The van der Waals surface area contributed by atoms with Crippen molar-refractivity contribution in [1.29, 1.82) is 0 Å². The lowest BCUT2D eigenvalue weighted by Crippen LogP contribution is -2.15. The van der Waals surface area contributed by atoms with Crippen molar-refractivity contribution >= 4 is 11.7 Å².